The average Bonchev–Trinajstić information content (AvgIpc) is 2.61. The van der Waals surface area contributed by atoms with Crippen molar-refractivity contribution in [1.29, 1.82) is 0 Å². The third-order valence-corrected chi connectivity index (χ3v) is 3.23. The van der Waals surface area contributed by atoms with Gasteiger partial charge >= 0.3 is 0 Å². The molecule has 0 spiro atoms. The van der Waals surface area contributed by atoms with Crippen molar-refractivity contribution in [2.24, 2.45) is 0 Å². The van der Waals surface area contributed by atoms with Gasteiger partial charge in [0.15, 0.2) is 0 Å². The number of aromatic nitrogens is 1. The molecule has 2 aromatic rings. The van der Waals surface area contributed by atoms with Gasteiger partial charge < -0.3 is 11.1 Å². The van der Waals surface area contributed by atoms with Crippen molar-refractivity contribution < 1.29 is 0 Å². The number of hydrogen-bond acceptors (Lipinski definition) is 4. The molecule has 0 saturated carbocycles. The molecule has 0 radical (unpaired) electrons. The van der Waals surface area contributed by atoms with Crippen LogP contribution in [-0.2, 0) is 6.54 Å². The van der Waals surface area contributed by atoms with E-state index >= 15 is 0 Å². The molecule has 0 aliphatic rings. The minimum absolute atomic E-state index is 0.544. The van der Waals surface area contributed by atoms with Crippen molar-refractivity contribution in [2.45, 2.75) is 13.5 Å². The van der Waals surface area contributed by atoms with Crippen LogP contribution in [0.25, 0.3) is 0 Å². The lowest BCUT2D eigenvalue weighted by Gasteiger charge is -2.05. The number of pyridine rings is 1. The van der Waals surface area contributed by atoms with Crippen molar-refractivity contribution >= 4 is 22.8 Å². The first-order valence-electron chi connectivity index (χ1n) is 4.74. The van der Waals surface area contributed by atoms with Gasteiger partial charge in [0.2, 0.25) is 0 Å². The van der Waals surface area contributed by atoms with Crippen LogP contribution in [0.1, 0.15) is 10.4 Å². The zero-order valence-corrected chi connectivity index (χ0v) is 9.34. The van der Waals surface area contributed by atoms with Crippen molar-refractivity contribution in [1.82, 2.24) is 4.98 Å². The predicted octanol–water partition coefficient (Wildman–Crippen LogP) is 2.65. The molecule has 0 saturated heterocycles. The molecule has 4 heteroatoms. The number of nitrogen functional groups attached to an aromatic ring is 1. The van der Waals surface area contributed by atoms with E-state index in [1.807, 2.05) is 12.1 Å². The topological polar surface area (TPSA) is 50.9 Å². The number of aryl methyl sites for hydroxylation is 1. The fourth-order valence-electron chi connectivity index (χ4n) is 1.33. The summed E-state index contributed by atoms with van der Waals surface area (Å²) in [5.74, 6) is 0.544. The van der Waals surface area contributed by atoms with E-state index in [4.69, 9.17) is 5.73 Å². The van der Waals surface area contributed by atoms with Crippen molar-refractivity contribution in [3.8, 4) is 0 Å². The molecule has 3 nitrogen and oxygen atoms in total. The highest BCUT2D eigenvalue weighted by atomic mass is 32.1. The van der Waals surface area contributed by atoms with Gasteiger partial charge in [-0.1, -0.05) is 0 Å². The van der Waals surface area contributed by atoms with Crippen LogP contribution in [0.2, 0.25) is 0 Å². The monoisotopic (exact) mass is 219 g/mol. The molecule has 2 rings (SSSR count). The maximum absolute atomic E-state index is 5.59. The summed E-state index contributed by atoms with van der Waals surface area (Å²) in [6.45, 7) is 2.96. The van der Waals surface area contributed by atoms with Crippen LogP contribution >= 0.6 is 11.3 Å². The van der Waals surface area contributed by atoms with Crippen LogP contribution in [0.5, 0.6) is 0 Å². The lowest BCUT2D eigenvalue weighted by atomic mass is 10.3. The smallest absolute Gasteiger partial charge is 0.125 e. The molecule has 0 aliphatic heterocycles. The Balaban J connectivity index is 2.02. The Labute approximate surface area is 93.0 Å². The SMILES string of the molecule is Cc1ccsc1CNc1ccnc(N)c1. The van der Waals surface area contributed by atoms with E-state index in [9.17, 15) is 0 Å². The van der Waals surface area contributed by atoms with Gasteiger partial charge in [-0.25, -0.2) is 4.98 Å². The Hall–Kier alpha value is -1.55. The summed E-state index contributed by atoms with van der Waals surface area (Å²) in [6, 6.07) is 5.88. The first kappa shape index (κ1) is 9.98. The third kappa shape index (κ3) is 2.47. The lowest BCUT2D eigenvalue weighted by Crippen LogP contribution is -2.00. The Kier molecular flexibility index (Phi) is 2.87. The molecular formula is C11H13N3S. The van der Waals surface area contributed by atoms with Gasteiger partial charge in [0.25, 0.3) is 0 Å². The van der Waals surface area contributed by atoms with Crippen LogP contribution < -0.4 is 11.1 Å². The Bertz CT molecular complexity index is 451. The number of thiophene rings is 1. The Morgan fingerprint density at radius 2 is 2.33 bits per heavy atom. The van der Waals surface area contributed by atoms with Gasteiger partial charge in [0.05, 0.1) is 0 Å². The van der Waals surface area contributed by atoms with E-state index in [0.29, 0.717) is 5.82 Å². The van der Waals surface area contributed by atoms with E-state index < -0.39 is 0 Å². The normalized spacial score (nSPS) is 10.2. The number of nitrogens with zero attached hydrogens (tertiary/aromatic N) is 1. The van der Waals surface area contributed by atoms with E-state index in [2.05, 4.69) is 28.7 Å². The molecule has 0 amide bonds. The van der Waals surface area contributed by atoms with Crippen molar-refractivity contribution in [2.75, 3.05) is 11.1 Å². The maximum atomic E-state index is 5.59. The third-order valence-electron chi connectivity index (χ3n) is 2.20. The summed E-state index contributed by atoms with van der Waals surface area (Å²) in [7, 11) is 0. The van der Waals surface area contributed by atoms with Gasteiger partial charge in [-0.05, 0) is 30.0 Å². The molecule has 15 heavy (non-hydrogen) atoms. The second-order valence-electron chi connectivity index (χ2n) is 3.35. The molecule has 0 aliphatic carbocycles. The standard InChI is InChI=1S/C11H13N3S/c1-8-3-5-15-10(8)7-14-9-2-4-13-11(12)6-9/h2-6H,7H2,1H3,(H3,12,13,14). The Morgan fingerprint density at radius 1 is 1.47 bits per heavy atom. The van der Waals surface area contributed by atoms with E-state index in [0.717, 1.165) is 12.2 Å². The van der Waals surface area contributed by atoms with Gasteiger partial charge in [-0.15, -0.1) is 11.3 Å². The molecule has 0 aromatic carbocycles. The minimum atomic E-state index is 0.544. The zero-order valence-electron chi connectivity index (χ0n) is 8.53. The molecule has 0 fully saturated rings. The van der Waals surface area contributed by atoms with Crippen LogP contribution in [0.3, 0.4) is 0 Å². The minimum Gasteiger partial charge on any atom is -0.384 e. The summed E-state index contributed by atoms with van der Waals surface area (Å²) in [4.78, 5) is 5.29. The number of nitrogens with two attached hydrogens (primary N) is 1. The fraction of sp³-hybridized carbons (Fsp3) is 0.182. The highest BCUT2D eigenvalue weighted by Crippen LogP contribution is 2.17. The number of anilines is 2. The molecule has 0 unspecified atom stereocenters. The summed E-state index contributed by atoms with van der Waals surface area (Å²) >= 11 is 1.76. The van der Waals surface area contributed by atoms with E-state index in [1.165, 1.54) is 10.4 Å². The van der Waals surface area contributed by atoms with Crippen LogP contribution in [-0.4, -0.2) is 4.98 Å². The predicted molar refractivity (Wildman–Crippen MR) is 65.0 cm³/mol. The van der Waals surface area contributed by atoms with Crippen LogP contribution in [0, 0.1) is 6.92 Å². The highest BCUT2D eigenvalue weighted by Gasteiger charge is 1.99. The van der Waals surface area contributed by atoms with Gasteiger partial charge in [-0.3, -0.25) is 0 Å². The average molecular weight is 219 g/mol. The molecular weight excluding hydrogens is 206 g/mol. The molecule has 3 N–H and O–H groups in total. The second kappa shape index (κ2) is 4.31. The molecule has 78 valence electrons. The summed E-state index contributed by atoms with van der Waals surface area (Å²) < 4.78 is 0. The summed E-state index contributed by atoms with van der Waals surface area (Å²) in [5, 5.41) is 5.42. The summed E-state index contributed by atoms with van der Waals surface area (Å²) in [6.07, 6.45) is 1.71. The van der Waals surface area contributed by atoms with Gasteiger partial charge in [0.1, 0.15) is 5.82 Å². The fourth-order valence-corrected chi connectivity index (χ4v) is 2.17. The van der Waals surface area contributed by atoms with Crippen LogP contribution in [0.15, 0.2) is 29.8 Å². The Morgan fingerprint density at radius 3 is 3.00 bits per heavy atom. The first-order valence-corrected chi connectivity index (χ1v) is 5.62. The second-order valence-corrected chi connectivity index (χ2v) is 4.35. The van der Waals surface area contributed by atoms with Gasteiger partial charge in [0, 0.05) is 29.4 Å². The van der Waals surface area contributed by atoms with E-state index in [1.54, 1.807) is 17.5 Å². The molecule has 0 atom stereocenters. The molecule has 2 heterocycles. The van der Waals surface area contributed by atoms with Crippen LogP contribution in [0.4, 0.5) is 11.5 Å². The quantitative estimate of drug-likeness (QED) is 0.834. The maximum Gasteiger partial charge on any atom is 0.125 e. The zero-order chi connectivity index (χ0) is 10.7. The molecule has 2 aromatic heterocycles. The first-order chi connectivity index (χ1) is 7.25. The lowest BCUT2D eigenvalue weighted by molar-refractivity contribution is 1.16. The summed E-state index contributed by atoms with van der Waals surface area (Å²) in [5.41, 5.74) is 7.93. The number of rotatable bonds is 3. The number of hydrogen-bond donors (Lipinski definition) is 2. The van der Waals surface area contributed by atoms with E-state index in [-0.39, 0.29) is 0 Å². The van der Waals surface area contributed by atoms with Gasteiger partial charge in [-0.2, -0.15) is 0 Å². The van der Waals surface area contributed by atoms with Crippen molar-refractivity contribution in [3.05, 3.63) is 40.2 Å². The highest BCUT2D eigenvalue weighted by molar-refractivity contribution is 7.10. The molecule has 0 bridgehead atoms. The van der Waals surface area contributed by atoms with Crippen molar-refractivity contribution in [3.63, 3.8) is 0 Å². The largest absolute Gasteiger partial charge is 0.384 e. The number of nitrogens with one attached hydrogen (secondary N) is 1.